The van der Waals surface area contributed by atoms with Crippen LogP contribution in [0.5, 0.6) is 5.75 Å². The molecule has 0 spiro atoms. The Morgan fingerprint density at radius 3 is 2.56 bits per heavy atom. The molecular weight excluding hydrogens is 387 g/mol. The standard InChI is InChI=1S/C20H18Cl2N2O3/c1-3-24-10-9-17(23-24)16-12-15(22)7-8-18(16)27-20(2,19(25)26)13-5-4-6-14(21)11-13/h4-12H,3H2,1-2H3,(H,25,26). The molecule has 1 heterocycles. The number of hydrogen-bond acceptors (Lipinski definition) is 3. The maximum atomic E-state index is 12.1. The highest BCUT2D eigenvalue weighted by Crippen LogP contribution is 2.37. The second-order valence-electron chi connectivity index (χ2n) is 6.15. The molecular formula is C20H18Cl2N2O3. The number of benzene rings is 2. The van der Waals surface area contributed by atoms with Crippen LogP contribution in [0.25, 0.3) is 11.3 Å². The van der Waals surface area contributed by atoms with E-state index in [9.17, 15) is 9.90 Å². The van der Waals surface area contributed by atoms with Crippen LogP contribution in [-0.2, 0) is 16.9 Å². The summed E-state index contributed by atoms with van der Waals surface area (Å²) in [6.07, 6.45) is 1.84. The Balaban J connectivity index is 2.08. The fraction of sp³-hybridized carbons (Fsp3) is 0.200. The molecule has 1 N–H and O–H groups in total. The largest absolute Gasteiger partial charge is 0.478 e. The summed E-state index contributed by atoms with van der Waals surface area (Å²) in [7, 11) is 0. The summed E-state index contributed by atoms with van der Waals surface area (Å²) in [5.74, 6) is -0.768. The van der Waals surface area contributed by atoms with Crippen molar-refractivity contribution in [3.8, 4) is 17.0 Å². The number of hydrogen-bond donors (Lipinski definition) is 1. The van der Waals surface area contributed by atoms with Gasteiger partial charge in [-0.1, -0.05) is 35.3 Å². The van der Waals surface area contributed by atoms with E-state index in [0.29, 0.717) is 39.2 Å². The number of carboxylic acids is 1. The van der Waals surface area contributed by atoms with E-state index in [1.54, 1.807) is 47.1 Å². The van der Waals surface area contributed by atoms with Crippen LogP contribution in [0, 0.1) is 0 Å². The third-order valence-corrected chi connectivity index (χ3v) is 4.75. The van der Waals surface area contributed by atoms with Gasteiger partial charge in [0.25, 0.3) is 0 Å². The Labute approximate surface area is 167 Å². The van der Waals surface area contributed by atoms with Crippen molar-refractivity contribution in [1.29, 1.82) is 0 Å². The zero-order valence-electron chi connectivity index (χ0n) is 14.8. The molecule has 3 rings (SSSR count). The molecule has 0 aliphatic carbocycles. The van der Waals surface area contributed by atoms with Gasteiger partial charge in [-0.05, 0) is 50.2 Å². The van der Waals surface area contributed by atoms with Gasteiger partial charge in [0.2, 0.25) is 5.60 Å². The zero-order chi connectivity index (χ0) is 19.6. The fourth-order valence-corrected chi connectivity index (χ4v) is 3.07. The van der Waals surface area contributed by atoms with Gasteiger partial charge >= 0.3 is 5.97 Å². The van der Waals surface area contributed by atoms with Crippen LogP contribution in [0.3, 0.4) is 0 Å². The van der Waals surface area contributed by atoms with Crippen molar-refractivity contribution in [2.75, 3.05) is 0 Å². The van der Waals surface area contributed by atoms with Crippen LogP contribution in [-0.4, -0.2) is 20.9 Å². The van der Waals surface area contributed by atoms with Gasteiger partial charge in [0.1, 0.15) is 5.75 Å². The minimum atomic E-state index is -1.64. The van der Waals surface area contributed by atoms with E-state index in [-0.39, 0.29) is 0 Å². The third kappa shape index (κ3) is 3.94. The van der Waals surface area contributed by atoms with Crippen molar-refractivity contribution in [3.05, 3.63) is 70.3 Å². The first kappa shape index (κ1) is 19.3. The number of carbonyl (C=O) groups is 1. The molecule has 0 amide bonds. The minimum absolute atomic E-state index is 0.366. The van der Waals surface area contributed by atoms with Crippen molar-refractivity contribution in [2.24, 2.45) is 0 Å². The summed E-state index contributed by atoms with van der Waals surface area (Å²) in [5, 5.41) is 15.3. The molecule has 0 aliphatic rings. The number of nitrogens with zero attached hydrogens (tertiary/aromatic N) is 2. The van der Waals surface area contributed by atoms with Gasteiger partial charge in [0.05, 0.1) is 5.69 Å². The summed E-state index contributed by atoms with van der Waals surface area (Å²) in [6, 6.07) is 13.5. The molecule has 5 nitrogen and oxygen atoms in total. The number of rotatable bonds is 6. The fourth-order valence-electron chi connectivity index (χ4n) is 2.70. The molecule has 2 aromatic carbocycles. The van der Waals surface area contributed by atoms with Gasteiger partial charge in [-0.25, -0.2) is 4.79 Å². The average molecular weight is 405 g/mol. The van der Waals surface area contributed by atoms with Gasteiger partial charge in [0, 0.05) is 33.9 Å². The molecule has 1 aromatic heterocycles. The maximum Gasteiger partial charge on any atom is 0.352 e. The van der Waals surface area contributed by atoms with Crippen LogP contribution in [0.4, 0.5) is 0 Å². The molecule has 0 radical (unpaired) electrons. The number of ether oxygens (including phenoxy) is 1. The van der Waals surface area contributed by atoms with Crippen LogP contribution >= 0.6 is 23.2 Å². The van der Waals surface area contributed by atoms with Crippen LogP contribution in [0.15, 0.2) is 54.7 Å². The van der Waals surface area contributed by atoms with E-state index in [1.165, 1.54) is 6.92 Å². The molecule has 0 fully saturated rings. The zero-order valence-corrected chi connectivity index (χ0v) is 16.3. The highest BCUT2D eigenvalue weighted by atomic mass is 35.5. The summed E-state index contributed by atoms with van der Waals surface area (Å²) < 4.78 is 7.79. The lowest BCUT2D eigenvalue weighted by Crippen LogP contribution is -2.38. The Hall–Kier alpha value is -2.50. The summed E-state index contributed by atoms with van der Waals surface area (Å²) in [5.41, 5.74) is 0.0562. The molecule has 140 valence electrons. The van der Waals surface area contributed by atoms with Crippen molar-refractivity contribution in [1.82, 2.24) is 9.78 Å². The van der Waals surface area contributed by atoms with Gasteiger partial charge < -0.3 is 9.84 Å². The molecule has 0 bridgehead atoms. The Bertz CT molecular complexity index is 987. The highest BCUT2D eigenvalue weighted by Gasteiger charge is 2.39. The second kappa shape index (κ2) is 7.62. The van der Waals surface area contributed by atoms with E-state index in [0.717, 1.165) is 0 Å². The van der Waals surface area contributed by atoms with Gasteiger partial charge in [-0.3, -0.25) is 4.68 Å². The lowest BCUT2D eigenvalue weighted by molar-refractivity contribution is -0.154. The van der Waals surface area contributed by atoms with Crippen molar-refractivity contribution in [2.45, 2.75) is 26.0 Å². The number of carboxylic acid groups (broad SMARTS) is 1. The molecule has 0 saturated heterocycles. The quantitative estimate of drug-likeness (QED) is 0.608. The average Bonchev–Trinajstić information content (AvgIpc) is 3.12. The second-order valence-corrected chi connectivity index (χ2v) is 7.02. The van der Waals surface area contributed by atoms with Gasteiger partial charge in [0.15, 0.2) is 0 Å². The molecule has 1 atom stereocenters. The topological polar surface area (TPSA) is 64.3 Å². The predicted octanol–water partition coefficient (Wildman–Crippen LogP) is 5.26. The smallest absolute Gasteiger partial charge is 0.352 e. The highest BCUT2D eigenvalue weighted by molar-refractivity contribution is 6.31. The van der Waals surface area contributed by atoms with Crippen LogP contribution in [0.1, 0.15) is 19.4 Å². The van der Waals surface area contributed by atoms with E-state index in [4.69, 9.17) is 27.9 Å². The monoisotopic (exact) mass is 404 g/mol. The van der Waals surface area contributed by atoms with E-state index in [2.05, 4.69) is 5.10 Å². The summed E-state index contributed by atoms with van der Waals surface area (Å²) >= 11 is 12.2. The normalized spacial score (nSPS) is 13.2. The Kier molecular flexibility index (Phi) is 5.44. The van der Waals surface area contributed by atoms with Gasteiger partial charge in [-0.15, -0.1) is 0 Å². The van der Waals surface area contributed by atoms with Crippen LogP contribution < -0.4 is 4.74 Å². The number of aliphatic carboxylic acids is 1. The summed E-state index contributed by atoms with van der Waals surface area (Å²) in [4.78, 5) is 12.1. The molecule has 27 heavy (non-hydrogen) atoms. The Morgan fingerprint density at radius 2 is 1.93 bits per heavy atom. The van der Waals surface area contributed by atoms with Crippen molar-refractivity contribution < 1.29 is 14.6 Å². The first-order valence-electron chi connectivity index (χ1n) is 8.35. The first-order chi connectivity index (χ1) is 12.8. The minimum Gasteiger partial charge on any atom is -0.478 e. The Morgan fingerprint density at radius 1 is 1.19 bits per heavy atom. The lowest BCUT2D eigenvalue weighted by atomic mass is 9.95. The lowest BCUT2D eigenvalue weighted by Gasteiger charge is -2.28. The summed E-state index contributed by atoms with van der Waals surface area (Å²) in [6.45, 7) is 4.18. The van der Waals surface area contributed by atoms with E-state index >= 15 is 0 Å². The molecule has 3 aromatic rings. The molecule has 1 unspecified atom stereocenters. The molecule has 0 aliphatic heterocycles. The third-order valence-electron chi connectivity index (χ3n) is 4.28. The predicted molar refractivity (Wildman–Crippen MR) is 105 cm³/mol. The van der Waals surface area contributed by atoms with Crippen molar-refractivity contribution >= 4 is 29.2 Å². The molecule has 0 saturated carbocycles. The van der Waals surface area contributed by atoms with Gasteiger partial charge in [-0.2, -0.15) is 5.10 Å². The number of halogens is 2. The molecule has 7 heteroatoms. The van der Waals surface area contributed by atoms with Crippen molar-refractivity contribution in [3.63, 3.8) is 0 Å². The number of aromatic nitrogens is 2. The van der Waals surface area contributed by atoms with Crippen LogP contribution in [0.2, 0.25) is 10.0 Å². The maximum absolute atomic E-state index is 12.1. The first-order valence-corrected chi connectivity index (χ1v) is 9.11. The van der Waals surface area contributed by atoms with E-state index in [1.807, 2.05) is 19.2 Å². The van der Waals surface area contributed by atoms with E-state index < -0.39 is 11.6 Å². The number of aryl methyl sites for hydroxylation is 1. The SMILES string of the molecule is CCn1ccc(-c2cc(Cl)ccc2OC(C)(C(=O)O)c2cccc(Cl)c2)n1.